The number of hydrogen-bond acceptors (Lipinski definition) is 5. The van der Waals surface area contributed by atoms with Gasteiger partial charge >= 0.3 is 0 Å². The van der Waals surface area contributed by atoms with Gasteiger partial charge in [-0.05, 0) is 12.0 Å². The van der Waals surface area contributed by atoms with Crippen molar-refractivity contribution in [3.63, 3.8) is 0 Å². The van der Waals surface area contributed by atoms with Crippen molar-refractivity contribution in [1.82, 2.24) is 24.5 Å². The van der Waals surface area contributed by atoms with Gasteiger partial charge in [0.2, 0.25) is 0 Å². The minimum absolute atomic E-state index is 0.221. The second-order valence-electron chi connectivity index (χ2n) is 4.73. The topological polar surface area (TPSA) is 109 Å². The molecular weight excluding hydrogens is 268 g/mol. The predicted octanol–water partition coefficient (Wildman–Crippen LogP) is -0.0180. The smallest absolute Gasteiger partial charge is 0.273 e. The van der Waals surface area contributed by atoms with Gasteiger partial charge in [0.05, 0.1) is 0 Å². The van der Waals surface area contributed by atoms with Crippen molar-refractivity contribution in [2.24, 2.45) is 18.1 Å². The molecular formula is C10H16N6O2S. The first kappa shape index (κ1) is 13.7. The molecule has 0 atom stereocenters. The lowest BCUT2D eigenvalue weighted by atomic mass is 10.2. The third-order valence-electron chi connectivity index (χ3n) is 2.46. The largest absolute Gasteiger partial charge is 0.295 e. The van der Waals surface area contributed by atoms with Crippen LogP contribution >= 0.6 is 0 Å². The van der Waals surface area contributed by atoms with E-state index in [1.54, 1.807) is 24.0 Å². The molecule has 0 bridgehead atoms. The summed E-state index contributed by atoms with van der Waals surface area (Å²) in [6.45, 7) is 4.38. The fraction of sp³-hybridized carbons (Fsp3) is 0.500. The van der Waals surface area contributed by atoms with E-state index in [2.05, 4.69) is 15.3 Å². The van der Waals surface area contributed by atoms with E-state index >= 15 is 0 Å². The minimum Gasteiger partial charge on any atom is -0.295 e. The lowest BCUT2D eigenvalue weighted by molar-refractivity contribution is 0.485. The lowest BCUT2D eigenvalue weighted by Crippen LogP contribution is -2.20. The van der Waals surface area contributed by atoms with Crippen molar-refractivity contribution in [2.45, 2.75) is 25.5 Å². The first-order chi connectivity index (χ1) is 8.79. The Kier molecular flexibility index (Phi) is 3.42. The summed E-state index contributed by atoms with van der Waals surface area (Å²) in [6, 6.07) is 1.74. The molecule has 8 nitrogen and oxygen atoms in total. The number of sulfonamides is 1. The van der Waals surface area contributed by atoms with Crippen molar-refractivity contribution in [3.05, 3.63) is 12.3 Å². The molecule has 0 fully saturated rings. The highest BCUT2D eigenvalue weighted by molar-refractivity contribution is 7.89. The molecule has 104 valence electrons. The van der Waals surface area contributed by atoms with E-state index in [4.69, 9.17) is 5.14 Å². The zero-order chi connectivity index (χ0) is 14.2. The molecule has 2 aromatic rings. The molecule has 0 saturated carbocycles. The van der Waals surface area contributed by atoms with Gasteiger partial charge in [0, 0.05) is 19.8 Å². The van der Waals surface area contributed by atoms with E-state index in [9.17, 15) is 8.42 Å². The Morgan fingerprint density at radius 2 is 2.05 bits per heavy atom. The van der Waals surface area contributed by atoms with Gasteiger partial charge in [0.25, 0.3) is 15.2 Å². The second-order valence-corrected chi connectivity index (χ2v) is 6.19. The molecule has 2 aromatic heterocycles. The highest BCUT2D eigenvalue weighted by atomic mass is 32.2. The molecule has 2 rings (SSSR count). The van der Waals surface area contributed by atoms with Crippen LogP contribution in [0.2, 0.25) is 0 Å². The number of nitrogens with zero attached hydrogens (tertiary/aromatic N) is 5. The molecule has 0 aliphatic heterocycles. The van der Waals surface area contributed by atoms with E-state index < -0.39 is 10.0 Å². The van der Waals surface area contributed by atoms with Crippen LogP contribution < -0.4 is 5.14 Å². The Morgan fingerprint density at radius 3 is 2.53 bits per heavy atom. The average Bonchev–Trinajstić information content (AvgIpc) is 2.82. The SMILES string of the molecule is CC(C)Cn1c(-c2ccn(C)n2)nnc1S(N)(=O)=O. The Hall–Kier alpha value is -1.74. The zero-order valence-electron chi connectivity index (χ0n) is 11.0. The van der Waals surface area contributed by atoms with Gasteiger partial charge in [-0.1, -0.05) is 13.8 Å². The van der Waals surface area contributed by atoms with Crippen LogP contribution in [0.15, 0.2) is 17.4 Å². The van der Waals surface area contributed by atoms with Gasteiger partial charge in [-0.2, -0.15) is 5.10 Å². The first-order valence-corrected chi connectivity index (χ1v) is 7.29. The fourth-order valence-electron chi connectivity index (χ4n) is 1.75. The van der Waals surface area contributed by atoms with E-state index in [1.165, 1.54) is 4.57 Å². The van der Waals surface area contributed by atoms with E-state index in [0.29, 0.717) is 18.1 Å². The highest BCUT2D eigenvalue weighted by Gasteiger charge is 2.23. The monoisotopic (exact) mass is 284 g/mol. The Morgan fingerprint density at radius 1 is 1.37 bits per heavy atom. The van der Waals surface area contributed by atoms with Gasteiger partial charge in [-0.15, -0.1) is 10.2 Å². The molecule has 0 aliphatic carbocycles. The Labute approximate surface area is 111 Å². The second kappa shape index (κ2) is 4.74. The molecule has 0 saturated heterocycles. The van der Waals surface area contributed by atoms with Crippen molar-refractivity contribution in [1.29, 1.82) is 0 Å². The first-order valence-electron chi connectivity index (χ1n) is 5.75. The molecule has 0 aliphatic rings. The highest BCUT2D eigenvalue weighted by Crippen LogP contribution is 2.19. The molecule has 0 spiro atoms. The van der Waals surface area contributed by atoms with Crippen LogP contribution in [0.5, 0.6) is 0 Å². The summed E-state index contributed by atoms with van der Waals surface area (Å²) in [6.07, 6.45) is 1.75. The summed E-state index contributed by atoms with van der Waals surface area (Å²) in [5.41, 5.74) is 0.561. The van der Waals surface area contributed by atoms with Crippen molar-refractivity contribution in [2.75, 3.05) is 0 Å². The normalized spacial score (nSPS) is 12.3. The summed E-state index contributed by atoms with van der Waals surface area (Å²) in [4.78, 5) is 0. The van der Waals surface area contributed by atoms with Gasteiger partial charge in [-0.3, -0.25) is 9.25 Å². The molecule has 2 N–H and O–H groups in total. The van der Waals surface area contributed by atoms with Gasteiger partial charge in [0.1, 0.15) is 5.69 Å². The quantitative estimate of drug-likeness (QED) is 0.848. The summed E-state index contributed by atoms with van der Waals surface area (Å²) < 4.78 is 26.1. The molecule has 0 radical (unpaired) electrons. The molecule has 2 heterocycles. The number of rotatable bonds is 4. The minimum atomic E-state index is -3.90. The van der Waals surface area contributed by atoms with Crippen LogP contribution in [0, 0.1) is 5.92 Å². The van der Waals surface area contributed by atoms with E-state index in [1.807, 2.05) is 13.8 Å². The van der Waals surface area contributed by atoms with Gasteiger partial charge in [-0.25, -0.2) is 13.6 Å². The van der Waals surface area contributed by atoms with Crippen LogP contribution in [0.3, 0.4) is 0 Å². The number of aromatic nitrogens is 5. The summed E-state index contributed by atoms with van der Waals surface area (Å²) in [5, 5.41) is 16.7. The average molecular weight is 284 g/mol. The summed E-state index contributed by atoms with van der Waals surface area (Å²) in [7, 11) is -2.13. The third-order valence-corrected chi connectivity index (χ3v) is 3.27. The Balaban J connectivity index is 2.59. The maximum Gasteiger partial charge on any atom is 0.273 e. The van der Waals surface area contributed by atoms with Crippen molar-refractivity contribution < 1.29 is 8.42 Å². The maximum atomic E-state index is 11.5. The maximum absolute atomic E-state index is 11.5. The fourth-order valence-corrected chi connectivity index (χ4v) is 2.38. The zero-order valence-corrected chi connectivity index (χ0v) is 11.8. The standard InChI is InChI=1S/C10H16N6O2S/c1-7(2)6-16-9(8-4-5-15(3)14-8)12-13-10(16)19(11,17)18/h4-5,7H,6H2,1-3H3,(H2,11,17,18). The van der Waals surface area contributed by atoms with Crippen LogP contribution in [0.4, 0.5) is 0 Å². The lowest BCUT2D eigenvalue weighted by Gasteiger charge is -2.10. The molecule has 0 aromatic carbocycles. The van der Waals surface area contributed by atoms with Crippen molar-refractivity contribution in [3.8, 4) is 11.5 Å². The number of nitrogens with two attached hydrogens (primary N) is 1. The third kappa shape index (κ3) is 2.82. The Bertz CT molecular complexity index is 685. The summed E-state index contributed by atoms with van der Waals surface area (Å²) in [5.74, 6) is 0.622. The van der Waals surface area contributed by atoms with Crippen LogP contribution in [0.1, 0.15) is 13.8 Å². The number of aryl methyl sites for hydroxylation is 1. The van der Waals surface area contributed by atoms with E-state index in [-0.39, 0.29) is 11.1 Å². The summed E-state index contributed by atoms with van der Waals surface area (Å²) >= 11 is 0. The van der Waals surface area contributed by atoms with Crippen molar-refractivity contribution >= 4 is 10.0 Å². The molecule has 9 heteroatoms. The molecule has 0 amide bonds. The van der Waals surface area contributed by atoms with Crippen LogP contribution in [-0.2, 0) is 23.6 Å². The van der Waals surface area contributed by atoms with Crippen LogP contribution in [-0.4, -0.2) is 33.0 Å². The predicted molar refractivity (Wildman–Crippen MR) is 68.4 cm³/mol. The molecule has 0 unspecified atom stereocenters. The van der Waals surface area contributed by atoms with Crippen LogP contribution in [0.25, 0.3) is 11.5 Å². The van der Waals surface area contributed by atoms with Gasteiger partial charge < -0.3 is 0 Å². The number of hydrogen-bond donors (Lipinski definition) is 1. The van der Waals surface area contributed by atoms with Gasteiger partial charge in [0.15, 0.2) is 5.82 Å². The molecule has 19 heavy (non-hydrogen) atoms. The number of primary sulfonamides is 1. The van der Waals surface area contributed by atoms with E-state index in [0.717, 1.165) is 0 Å².